The van der Waals surface area contributed by atoms with E-state index in [-0.39, 0.29) is 11.9 Å². The van der Waals surface area contributed by atoms with Crippen molar-refractivity contribution < 1.29 is 14.3 Å². The lowest BCUT2D eigenvalue weighted by molar-refractivity contribution is -0.133. The molecule has 2 aromatic rings. The Hall–Kier alpha value is -2.73. The molecule has 6 heteroatoms. The molecule has 0 radical (unpaired) electrons. The molecular formula is C23H31N3O3. The third kappa shape index (κ3) is 5.21. The maximum atomic E-state index is 12.9. The van der Waals surface area contributed by atoms with E-state index in [0.717, 1.165) is 44.0 Å². The predicted octanol–water partition coefficient (Wildman–Crippen LogP) is 3.16. The van der Waals surface area contributed by atoms with Gasteiger partial charge in [0.25, 0.3) is 0 Å². The van der Waals surface area contributed by atoms with Crippen molar-refractivity contribution >= 4 is 11.6 Å². The number of nitrogens with zero attached hydrogens (tertiary/aromatic N) is 2. The highest BCUT2D eigenvalue weighted by molar-refractivity contribution is 5.85. The van der Waals surface area contributed by atoms with E-state index < -0.39 is 0 Å². The van der Waals surface area contributed by atoms with Gasteiger partial charge in [0.15, 0.2) is 11.5 Å². The summed E-state index contributed by atoms with van der Waals surface area (Å²) in [5, 5.41) is 3.34. The van der Waals surface area contributed by atoms with Gasteiger partial charge in [-0.05, 0) is 31.0 Å². The first kappa shape index (κ1) is 21.0. The molecule has 1 aliphatic rings. The molecule has 0 aromatic heterocycles. The molecule has 1 N–H and O–H groups in total. The Labute approximate surface area is 173 Å². The highest BCUT2D eigenvalue weighted by atomic mass is 16.5. The van der Waals surface area contributed by atoms with E-state index in [1.165, 1.54) is 5.56 Å². The molecule has 0 bridgehead atoms. The van der Waals surface area contributed by atoms with Crippen molar-refractivity contribution in [2.24, 2.45) is 0 Å². The maximum Gasteiger partial charge on any atom is 0.244 e. The third-order valence-electron chi connectivity index (χ3n) is 5.41. The fourth-order valence-electron chi connectivity index (χ4n) is 3.67. The van der Waals surface area contributed by atoms with Gasteiger partial charge in [-0.2, -0.15) is 0 Å². The standard InChI is InChI=1S/C23H31N3O3/c1-17-14-21(28-3)22(29-4)15-20(17)24-18(2)23(27)26-12-10-25(11-13-26)16-19-8-6-5-7-9-19/h5-9,14-15,18,24H,10-13,16H2,1-4H3/t18-/m0/s1. The zero-order chi connectivity index (χ0) is 20.8. The summed E-state index contributed by atoms with van der Waals surface area (Å²) in [5.74, 6) is 1.46. The van der Waals surface area contributed by atoms with E-state index >= 15 is 0 Å². The second-order valence-corrected chi connectivity index (χ2v) is 7.48. The monoisotopic (exact) mass is 397 g/mol. The van der Waals surface area contributed by atoms with E-state index in [4.69, 9.17) is 9.47 Å². The molecule has 1 fully saturated rings. The van der Waals surface area contributed by atoms with Crippen LogP contribution in [0.3, 0.4) is 0 Å². The summed E-state index contributed by atoms with van der Waals surface area (Å²) in [5.41, 5.74) is 3.20. The molecule has 3 rings (SSSR count). The molecule has 1 atom stereocenters. The molecule has 1 saturated heterocycles. The topological polar surface area (TPSA) is 54.0 Å². The number of nitrogens with one attached hydrogen (secondary N) is 1. The van der Waals surface area contributed by atoms with Gasteiger partial charge < -0.3 is 19.7 Å². The summed E-state index contributed by atoms with van der Waals surface area (Å²) in [6.45, 7) is 8.12. The highest BCUT2D eigenvalue weighted by Gasteiger charge is 2.25. The van der Waals surface area contributed by atoms with Gasteiger partial charge in [0.1, 0.15) is 6.04 Å². The lowest BCUT2D eigenvalue weighted by atomic mass is 10.1. The Balaban J connectivity index is 1.56. The number of hydrogen-bond acceptors (Lipinski definition) is 5. The zero-order valence-corrected chi connectivity index (χ0v) is 17.8. The number of aryl methyl sites for hydroxylation is 1. The lowest BCUT2D eigenvalue weighted by Gasteiger charge is -2.36. The summed E-state index contributed by atoms with van der Waals surface area (Å²) >= 11 is 0. The number of carbonyl (C=O) groups excluding carboxylic acids is 1. The highest BCUT2D eigenvalue weighted by Crippen LogP contribution is 2.33. The summed E-state index contributed by atoms with van der Waals surface area (Å²) in [6.07, 6.45) is 0. The van der Waals surface area contributed by atoms with E-state index in [0.29, 0.717) is 11.5 Å². The number of carbonyl (C=O) groups is 1. The number of anilines is 1. The molecular weight excluding hydrogens is 366 g/mol. The van der Waals surface area contributed by atoms with Crippen molar-refractivity contribution in [2.45, 2.75) is 26.4 Å². The predicted molar refractivity (Wildman–Crippen MR) is 116 cm³/mol. The van der Waals surface area contributed by atoms with Gasteiger partial charge in [-0.15, -0.1) is 0 Å². The quantitative estimate of drug-likeness (QED) is 0.778. The number of hydrogen-bond donors (Lipinski definition) is 1. The van der Waals surface area contributed by atoms with E-state index in [1.807, 2.05) is 36.9 Å². The van der Waals surface area contributed by atoms with Crippen LogP contribution in [0.15, 0.2) is 42.5 Å². The van der Waals surface area contributed by atoms with Gasteiger partial charge in [-0.1, -0.05) is 30.3 Å². The van der Waals surface area contributed by atoms with Gasteiger partial charge in [-0.3, -0.25) is 9.69 Å². The minimum atomic E-state index is -0.313. The Kier molecular flexibility index (Phi) is 6.99. The fraction of sp³-hybridized carbons (Fsp3) is 0.435. The molecule has 29 heavy (non-hydrogen) atoms. The molecule has 1 heterocycles. The van der Waals surface area contributed by atoms with Crippen molar-refractivity contribution in [2.75, 3.05) is 45.7 Å². The summed E-state index contributed by atoms with van der Waals surface area (Å²) in [7, 11) is 3.23. The van der Waals surface area contributed by atoms with Crippen LogP contribution in [0.4, 0.5) is 5.69 Å². The average Bonchev–Trinajstić information content (AvgIpc) is 2.75. The first-order valence-electron chi connectivity index (χ1n) is 10.1. The Morgan fingerprint density at radius 1 is 1.03 bits per heavy atom. The summed E-state index contributed by atoms with van der Waals surface area (Å²) < 4.78 is 10.7. The SMILES string of the molecule is COc1cc(C)c(N[C@@H](C)C(=O)N2CCN(Cc3ccccc3)CC2)cc1OC. The zero-order valence-electron chi connectivity index (χ0n) is 17.8. The van der Waals surface area contributed by atoms with E-state index in [1.54, 1.807) is 14.2 Å². The Morgan fingerprint density at radius 2 is 1.66 bits per heavy atom. The van der Waals surface area contributed by atoms with Crippen LogP contribution >= 0.6 is 0 Å². The molecule has 0 aliphatic carbocycles. The molecule has 1 aliphatic heterocycles. The molecule has 0 saturated carbocycles. The van der Waals surface area contributed by atoms with Crippen molar-refractivity contribution in [1.29, 1.82) is 0 Å². The van der Waals surface area contributed by atoms with Gasteiger partial charge >= 0.3 is 0 Å². The number of ether oxygens (including phenoxy) is 2. The van der Waals surface area contributed by atoms with E-state index in [2.05, 4.69) is 34.5 Å². The van der Waals surface area contributed by atoms with Crippen LogP contribution in [0.1, 0.15) is 18.1 Å². The number of rotatable bonds is 7. The van der Waals surface area contributed by atoms with Crippen LogP contribution in [-0.4, -0.2) is 62.1 Å². The second kappa shape index (κ2) is 9.65. The largest absolute Gasteiger partial charge is 0.493 e. The minimum Gasteiger partial charge on any atom is -0.493 e. The first-order chi connectivity index (χ1) is 14.0. The fourth-order valence-corrected chi connectivity index (χ4v) is 3.67. The van der Waals surface area contributed by atoms with Crippen molar-refractivity contribution in [3.63, 3.8) is 0 Å². The number of methoxy groups -OCH3 is 2. The van der Waals surface area contributed by atoms with Gasteiger partial charge in [0, 0.05) is 44.5 Å². The van der Waals surface area contributed by atoms with Gasteiger partial charge in [0.05, 0.1) is 14.2 Å². The minimum absolute atomic E-state index is 0.124. The van der Waals surface area contributed by atoms with Crippen LogP contribution in [0.5, 0.6) is 11.5 Å². The number of piperazine rings is 1. The molecule has 0 unspecified atom stereocenters. The van der Waals surface area contributed by atoms with Crippen LogP contribution in [0.2, 0.25) is 0 Å². The van der Waals surface area contributed by atoms with Crippen LogP contribution in [-0.2, 0) is 11.3 Å². The van der Waals surface area contributed by atoms with Gasteiger partial charge in [0.2, 0.25) is 5.91 Å². The van der Waals surface area contributed by atoms with Crippen molar-refractivity contribution in [3.05, 3.63) is 53.6 Å². The average molecular weight is 398 g/mol. The Bertz CT molecular complexity index is 818. The maximum absolute atomic E-state index is 12.9. The number of amides is 1. The molecule has 1 amide bonds. The lowest BCUT2D eigenvalue weighted by Crippen LogP contribution is -2.51. The van der Waals surface area contributed by atoms with Crippen LogP contribution < -0.4 is 14.8 Å². The third-order valence-corrected chi connectivity index (χ3v) is 5.41. The molecule has 2 aromatic carbocycles. The summed E-state index contributed by atoms with van der Waals surface area (Å²) in [6, 6.07) is 14.0. The Morgan fingerprint density at radius 3 is 2.28 bits per heavy atom. The molecule has 0 spiro atoms. The summed E-state index contributed by atoms with van der Waals surface area (Å²) in [4.78, 5) is 17.3. The molecule has 156 valence electrons. The van der Waals surface area contributed by atoms with Crippen molar-refractivity contribution in [3.8, 4) is 11.5 Å². The van der Waals surface area contributed by atoms with Crippen molar-refractivity contribution in [1.82, 2.24) is 9.80 Å². The van der Waals surface area contributed by atoms with Gasteiger partial charge in [-0.25, -0.2) is 0 Å². The normalized spacial score (nSPS) is 15.7. The first-order valence-corrected chi connectivity index (χ1v) is 10.1. The second-order valence-electron chi connectivity index (χ2n) is 7.48. The van der Waals surface area contributed by atoms with E-state index in [9.17, 15) is 4.79 Å². The smallest absolute Gasteiger partial charge is 0.244 e. The number of benzene rings is 2. The van der Waals surface area contributed by atoms with Crippen LogP contribution in [0.25, 0.3) is 0 Å². The molecule has 6 nitrogen and oxygen atoms in total. The van der Waals surface area contributed by atoms with Crippen LogP contribution in [0, 0.1) is 6.92 Å².